The molecule has 66 heavy (non-hydrogen) atoms. The molecule has 0 saturated carbocycles. The summed E-state index contributed by atoms with van der Waals surface area (Å²) in [5.74, 6) is 2.35. The van der Waals surface area contributed by atoms with Crippen LogP contribution in [0, 0.1) is 12.1 Å². The minimum absolute atomic E-state index is 0. The monoisotopic (exact) mass is 1050 g/mol. The number of benzene rings is 5. The van der Waals surface area contributed by atoms with Gasteiger partial charge in [-0.2, -0.15) is 10.6 Å². The van der Waals surface area contributed by atoms with Crippen LogP contribution in [0.2, 0.25) is 0 Å². The molecular weight excluding hydrogens is 1010 g/mol. The topological polar surface area (TPSA) is 74.8 Å². The molecule has 0 atom stereocenters. The van der Waals surface area contributed by atoms with Crippen molar-refractivity contribution >= 4 is 65.8 Å². The summed E-state index contributed by atoms with van der Waals surface area (Å²) in [6.45, 7) is 14.5. The van der Waals surface area contributed by atoms with E-state index in [1.807, 2.05) is 99.6 Å². The Morgan fingerprint density at radius 2 is 1.52 bits per heavy atom. The second-order valence-electron chi connectivity index (χ2n) is 18.7. The molecule has 12 rings (SSSR count). The van der Waals surface area contributed by atoms with Crippen LogP contribution in [0.3, 0.4) is 0 Å². The number of pyridine rings is 3. The number of rotatable bonds is 7. The van der Waals surface area contributed by atoms with Gasteiger partial charge >= 0.3 is 32.9 Å². The minimum atomic E-state index is -3.53. The van der Waals surface area contributed by atoms with Crippen LogP contribution in [0.5, 0.6) is 11.5 Å². The number of ether oxygens (including phenoxy) is 1. The maximum atomic E-state index is 17.3. The van der Waals surface area contributed by atoms with Crippen LogP contribution >= 0.6 is 0 Å². The maximum absolute atomic E-state index is 17.3. The third-order valence-corrected chi connectivity index (χ3v) is 12.8. The van der Waals surface area contributed by atoms with Gasteiger partial charge in [0, 0.05) is 40.2 Å². The van der Waals surface area contributed by atoms with E-state index in [9.17, 15) is 0 Å². The largest absolute Gasteiger partial charge is 2.00 e. The molecule has 0 amide bonds. The Labute approximate surface area is 393 Å². The van der Waals surface area contributed by atoms with Crippen LogP contribution in [0.4, 0.5) is 8.78 Å². The molecule has 0 fully saturated rings. The van der Waals surface area contributed by atoms with Gasteiger partial charge in [-0.15, -0.1) is 26.3 Å². The number of nitrogens with zero attached hydrogens (tertiary/aromatic N) is 6. The van der Waals surface area contributed by atoms with E-state index in [0.29, 0.717) is 66.9 Å². The summed E-state index contributed by atoms with van der Waals surface area (Å²) >= 11 is 0. The van der Waals surface area contributed by atoms with Crippen molar-refractivity contribution in [3.8, 4) is 39.7 Å². The number of imidazole rings is 1. The first kappa shape index (κ1) is 41.9. The molecule has 7 heterocycles. The second kappa shape index (κ2) is 14.9. The summed E-state index contributed by atoms with van der Waals surface area (Å²) in [5, 5.41) is 3.77. The van der Waals surface area contributed by atoms with Gasteiger partial charge in [-0.05, 0) is 93.0 Å². The van der Waals surface area contributed by atoms with E-state index in [2.05, 4.69) is 79.7 Å². The van der Waals surface area contributed by atoms with Crippen LogP contribution in [-0.4, -0.2) is 24.1 Å². The first-order valence-corrected chi connectivity index (χ1v) is 22.0. The summed E-state index contributed by atoms with van der Waals surface area (Å²) in [4.78, 5) is 14.3. The number of alkyl halides is 2. The Bertz CT molecular complexity index is 3760. The Balaban J connectivity index is 0.00000481. The van der Waals surface area contributed by atoms with Crippen molar-refractivity contribution in [3.63, 3.8) is 0 Å². The van der Waals surface area contributed by atoms with Crippen molar-refractivity contribution in [2.45, 2.75) is 71.9 Å². The van der Waals surface area contributed by atoms with Crippen LogP contribution in [0.25, 0.3) is 94.0 Å². The van der Waals surface area contributed by atoms with Gasteiger partial charge < -0.3 is 18.7 Å². The third-order valence-electron chi connectivity index (χ3n) is 12.8. The molecule has 1 aliphatic rings. The number of aromatic nitrogens is 6. The first-order valence-electron chi connectivity index (χ1n) is 22.0. The maximum Gasteiger partial charge on any atom is 2.00 e. The van der Waals surface area contributed by atoms with Gasteiger partial charge in [-0.1, -0.05) is 125 Å². The van der Waals surface area contributed by atoms with Crippen LogP contribution in [-0.2, 0) is 32.7 Å². The van der Waals surface area contributed by atoms with Gasteiger partial charge in [-0.25, -0.2) is 9.97 Å². The number of fused-ring (bicyclic) bond motifs is 7. The molecule has 0 saturated heterocycles. The Morgan fingerprint density at radius 3 is 2.26 bits per heavy atom. The fraction of sp³-hybridized carbons (Fsp3) is 0.200. The fourth-order valence-electron chi connectivity index (χ4n) is 9.94. The normalized spacial score (nSPS) is 13.5. The molecule has 11 heteroatoms. The zero-order valence-corrected chi connectivity index (χ0v) is 39.5. The molecule has 328 valence electrons. The molecule has 0 bridgehead atoms. The van der Waals surface area contributed by atoms with Gasteiger partial charge in [0.05, 0.1) is 16.5 Å². The predicted molar refractivity (Wildman–Crippen MR) is 252 cm³/mol. The van der Waals surface area contributed by atoms with Crippen molar-refractivity contribution in [1.82, 2.24) is 24.1 Å². The van der Waals surface area contributed by atoms with Crippen LogP contribution < -0.4 is 9.30 Å². The smallest absolute Gasteiger partial charge is 0.503 e. The van der Waals surface area contributed by atoms with E-state index in [0.717, 1.165) is 47.9 Å². The summed E-state index contributed by atoms with van der Waals surface area (Å²) < 4.78 is 52.4. The number of hydrogen-bond donors (Lipinski definition) is 0. The van der Waals surface area contributed by atoms with E-state index < -0.39 is 11.6 Å². The zero-order chi connectivity index (χ0) is 44.7. The molecule has 0 aliphatic carbocycles. The fourth-order valence-corrected chi connectivity index (χ4v) is 9.94. The number of furan rings is 1. The number of para-hydroxylation sites is 1. The molecule has 0 spiro atoms. The molecule has 5 aromatic carbocycles. The zero-order valence-electron chi connectivity index (χ0n) is 37.3. The van der Waals surface area contributed by atoms with Gasteiger partial charge in [0.2, 0.25) is 5.52 Å². The number of hydrogen-bond acceptors (Lipinski definition) is 5. The van der Waals surface area contributed by atoms with Crippen molar-refractivity contribution in [1.29, 1.82) is 0 Å². The van der Waals surface area contributed by atoms with Gasteiger partial charge in [0.15, 0.2) is 5.52 Å². The molecule has 1 aliphatic heterocycles. The van der Waals surface area contributed by atoms with E-state index in [1.54, 1.807) is 12.4 Å². The summed E-state index contributed by atoms with van der Waals surface area (Å²) in [5.41, 5.74) is 8.40. The van der Waals surface area contributed by atoms with Crippen molar-refractivity contribution in [2.75, 3.05) is 0 Å². The standard InChI is InChI=1S/C55H43F2N6O2.Pt/c1-30(2)36-14-12-15-37(31(3)4)48(36)32-22-24-58-44(26-32)42-28-35(64-34-19-20-39-38-13-8-9-16-45(38)61(46(39)29-34)47-17-10-11-23-59-47)27-40-41-25-33-18-21-43-50-49(33)62(52(41)65-51(40)42)55(56,57)63(50)53(60-43)54(5,6)7;/h8-27,30-31H,1-7H3;/q-1;+2. The van der Waals surface area contributed by atoms with Crippen molar-refractivity contribution < 1.29 is 43.6 Å². The second-order valence-corrected chi connectivity index (χ2v) is 18.7. The Morgan fingerprint density at radius 1 is 0.742 bits per heavy atom. The average molecular weight is 1050 g/mol. The quantitative estimate of drug-likeness (QED) is 0.117. The number of halogens is 2. The molecular formula is C55H43F2N6O2Pt+. The average Bonchev–Trinajstić information content (AvgIpc) is 4.03. The van der Waals surface area contributed by atoms with E-state index in [-0.39, 0.29) is 38.6 Å². The molecule has 0 N–H and O–H groups in total. The first-order chi connectivity index (χ1) is 31.3. The van der Waals surface area contributed by atoms with Crippen molar-refractivity contribution in [2.24, 2.45) is 0 Å². The minimum Gasteiger partial charge on any atom is -0.503 e. The SMILES string of the molecule is CC(C)c1cccc(C(C)C)c1-c1ccnc(-c2[c-]c(Oc3[c-]c4c(cc3)c3ccccc3n4-c3ccccn3)cc3c2oc2c3cc3ccc4nc(C(C)(C)C)n5c4c3[n+]2C5(F)F)c1.[Pt+2]. The summed E-state index contributed by atoms with van der Waals surface area (Å²) in [6, 6.07) is 43.0. The molecule has 6 aromatic heterocycles. The summed E-state index contributed by atoms with van der Waals surface area (Å²) in [6.07, 6.45) is 0.0372. The van der Waals surface area contributed by atoms with Crippen LogP contribution in [0.1, 0.15) is 77.3 Å². The molecule has 0 radical (unpaired) electrons. The summed E-state index contributed by atoms with van der Waals surface area (Å²) in [7, 11) is 0. The van der Waals surface area contributed by atoms with Gasteiger partial charge in [0.1, 0.15) is 11.6 Å². The Hall–Kier alpha value is -6.77. The van der Waals surface area contributed by atoms with Crippen LogP contribution in [0.15, 0.2) is 126 Å². The van der Waals surface area contributed by atoms with Crippen molar-refractivity contribution in [3.05, 3.63) is 151 Å². The van der Waals surface area contributed by atoms with E-state index in [1.165, 1.54) is 11.1 Å². The predicted octanol–water partition coefficient (Wildman–Crippen LogP) is 13.9. The Kier molecular flexibility index (Phi) is 9.44. The molecule has 0 unspecified atom stereocenters. The van der Waals surface area contributed by atoms with Gasteiger partial charge in [0.25, 0.3) is 0 Å². The molecule has 11 aromatic rings. The van der Waals surface area contributed by atoms with Gasteiger partial charge in [-0.3, -0.25) is 0 Å². The van der Waals surface area contributed by atoms with E-state index in [4.69, 9.17) is 19.1 Å². The molecule has 8 nitrogen and oxygen atoms in total. The third kappa shape index (κ3) is 6.10. The van der Waals surface area contributed by atoms with E-state index >= 15 is 8.78 Å².